The van der Waals surface area contributed by atoms with Crippen LogP contribution >= 0.6 is 0 Å². The first-order valence-corrected chi connectivity index (χ1v) is 5.92. The first-order valence-electron chi connectivity index (χ1n) is 5.92. The van der Waals surface area contributed by atoms with E-state index in [-0.39, 0.29) is 0 Å². The Bertz CT molecular complexity index is 325. The van der Waals surface area contributed by atoms with Crippen LogP contribution < -0.4 is 5.32 Å². The number of hydrogen-bond acceptors (Lipinski definition) is 1. The average Bonchev–Trinajstić information content (AvgIpc) is 2.69. The molecule has 1 aliphatic rings. The first-order chi connectivity index (χ1) is 7.08. The molecule has 1 aromatic rings. The molecule has 0 aromatic carbocycles. The molecule has 0 radical (unpaired) electrons. The summed E-state index contributed by atoms with van der Waals surface area (Å²) in [4.78, 5) is 0. The molecule has 1 heterocycles. The van der Waals surface area contributed by atoms with Crippen LogP contribution in [0.1, 0.15) is 38.7 Å². The van der Waals surface area contributed by atoms with E-state index in [4.69, 9.17) is 0 Å². The topological polar surface area (TPSA) is 17.0 Å². The van der Waals surface area contributed by atoms with Crippen LogP contribution in [-0.4, -0.2) is 10.6 Å². The fourth-order valence-electron chi connectivity index (χ4n) is 2.61. The second-order valence-electron chi connectivity index (χ2n) is 5.50. The SMILES string of the molecule is Cn1ccc(CNC2CCCC2(C)C)c1. The fraction of sp³-hybridized carbons (Fsp3) is 0.692. The van der Waals surface area contributed by atoms with E-state index < -0.39 is 0 Å². The highest BCUT2D eigenvalue weighted by atomic mass is 15.0. The second kappa shape index (κ2) is 4.01. The van der Waals surface area contributed by atoms with E-state index in [0.29, 0.717) is 11.5 Å². The molecule has 0 aliphatic heterocycles. The van der Waals surface area contributed by atoms with Gasteiger partial charge in [0.2, 0.25) is 0 Å². The van der Waals surface area contributed by atoms with Gasteiger partial charge in [0.05, 0.1) is 0 Å². The number of hydrogen-bond donors (Lipinski definition) is 1. The summed E-state index contributed by atoms with van der Waals surface area (Å²) in [6, 6.07) is 2.88. The van der Waals surface area contributed by atoms with Crippen molar-refractivity contribution in [3.63, 3.8) is 0 Å². The molecule has 2 nitrogen and oxygen atoms in total. The molecule has 1 aliphatic carbocycles. The van der Waals surface area contributed by atoms with Crippen LogP contribution in [0, 0.1) is 5.41 Å². The maximum absolute atomic E-state index is 3.69. The molecule has 0 bridgehead atoms. The Kier molecular flexibility index (Phi) is 2.87. The molecule has 2 rings (SSSR count). The fourth-order valence-corrected chi connectivity index (χ4v) is 2.61. The molecule has 1 fully saturated rings. The van der Waals surface area contributed by atoms with Crippen molar-refractivity contribution in [3.05, 3.63) is 24.0 Å². The normalized spacial score (nSPS) is 24.6. The largest absolute Gasteiger partial charge is 0.357 e. The molecule has 15 heavy (non-hydrogen) atoms. The predicted octanol–water partition coefficient (Wildman–Crippen LogP) is 2.69. The van der Waals surface area contributed by atoms with E-state index in [1.54, 1.807) is 0 Å². The maximum atomic E-state index is 3.69. The van der Waals surface area contributed by atoms with Gasteiger partial charge >= 0.3 is 0 Å². The van der Waals surface area contributed by atoms with Crippen LogP contribution in [0.15, 0.2) is 18.5 Å². The number of nitrogens with zero attached hydrogens (tertiary/aromatic N) is 1. The summed E-state index contributed by atoms with van der Waals surface area (Å²) in [5.41, 5.74) is 1.87. The van der Waals surface area contributed by atoms with Crippen molar-refractivity contribution in [1.82, 2.24) is 9.88 Å². The third kappa shape index (κ3) is 2.43. The van der Waals surface area contributed by atoms with Gasteiger partial charge in [0.1, 0.15) is 0 Å². The van der Waals surface area contributed by atoms with Gasteiger partial charge in [-0.3, -0.25) is 0 Å². The zero-order valence-corrected chi connectivity index (χ0v) is 10.1. The molecule has 0 spiro atoms. The highest BCUT2D eigenvalue weighted by Crippen LogP contribution is 2.37. The van der Waals surface area contributed by atoms with Crippen molar-refractivity contribution in [2.75, 3.05) is 0 Å². The van der Waals surface area contributed by atoms with Crippen LogP contribution in [-0.2, 0) is 13.6 Å². The van der Waals surface area contributed by atoms with Gasteiger partial charge in [-0.05, 0) is 29.9 Å². The van der Waals surface area contributed by atoms with Gasteiger partial charge in [0, 0.05) is 32.0 Å². The van der Waals surface area contributed by atoms with E-state index >= 15 is 0 Å². The number of rotatable bonds is 3. The standard InChI is InChI=1S/C13H22N2/c1-13(2)7-4-5-12(13)14-9-11-6-8-15(3)10-11/h6,8,10,12,14H,4-5,7,9H2,1-3H3. The quantitative estimate of drug-likeness (QED) is 0.804. The van der Waals surface area contributed by atoms with Crippen molar-refractivity contribution in [2.24, 2.45) is 12.5 Å². The third-order valence-electron chi connectivity index (χ3n) is 3.70. The molecule has 1 aromatic heterocycles. The van der Waals surface area contributed by atoms with Crippen LogP contribution in [0.2, 0.25) is 0 Å². The Balaban J connectivity index is 1.88. The lowest BCUT2D eigenvalue weighted by molar-refractivity contribution is 0.282. The first kappa shape index (κ1) is 10.7. The average molecular weight is 206 g/mol. The number of aryl methyl sites for hydroxylation is 1. The Morgan fingerprint density at radius 3 is 2.87 bits per heavy atom. The molecule has 1 saturated carbocycles. The zero-order chi connectivity index (χ0) is 10.9. The number of nitrogens with one attached hydrogen (secondary N) is 1. The van der Waals surface area contributed by atoms with Gasteiger partial charge in [0.25, 0.3) is 0 Å². The highest BCUT2D eigenvalue weighted by molar-refractivity contribution is 5.10. The summed E-state index contributed by atoms with van der Waals surface area (Å²) in [5.74, 6) is 0. The Labute approximate surface area is 92.7 Å². The van der Waals surface area contributed by atoms with E-state index in [1.165, 1.54) is 24.8 Å². The van der Waals surface area contributed by atoms with Crippen molar-refractivity contribution < 1.29 is 0 Å². The van der Waals surface area contributed by atoms with Crippen molar-refractivity contribution in [1.29, 1.82) is 0 Å². The van der Waals surface area contributed by atoms with E-state index in [2.05, 4.69) is 49.2 Å². The summed E-state index contributed by atoms with van der Waals surface area (Å²) in [5, 5.41) is 3.69. The minimum absolute atomic E-state index is 0.481. The third-order valence-corrected chi connectivity index (χ3v) is 3.70. The van der Waals surface area contributed by atoms with Crippen LogP contribution in [0.5, 0.6) is 0 Å². The molecule has 0 saturated heterocycles. The Morgan fingerprint density at radius 1 is 1.53 bits per heavy atom. The minimum atomic E-state index is 0.481. The van der Waals surface area contributed by atoms with E-state index in [0.717, 1.165) is 6.54 Å². The lowest BCUT2D eigenvalue weighted by atomic mass is 9.87. The molecular weight excluding hydrogens is 184 g/mol. The maximum Gasteiger partial charge on any atom is 0.0223 e. The van der Waals surface area contributed by atoms with Crippen LogP contribution in [0.25, 0.3) is 0 Å². The van der Waals surface area contributed by atoms with Gasteiger partial charge in [-0.25, -0.2) is 0 Å². The Morgan fingerprint density at radius 2 is 2.33 bits per heavy atom. The molecule has 84 valence electrons. The smallest absolute Gasteiger partial charge is 0.0223 e. The summed E-state index contributed by atoms with van der Waals surface area (Å²) < 4.78 is 2.11. The highest BCUT2D eigenvalue weighted by Gasteiger charge is 2.33. The lowest BCUT2D eigenvalue weighted by Crippen LogP contribution is -2.37. The molecule has 1 N–H and O–H groups in total. The van der Waals surface area contributed by atoms with Gasteiger partial charge in [-0.2, -0.15) is 0 Å². The van der Waals surface area contributed by atoms with Gasteiger partial charge in [-0.15, -0.1) is 0 Å². The molecular formula is C13H22N2. The van der Waals surface area contributed by atoms with Gasteiger partial charge in [-0.1, -0.05) is 20.3 Å². The van der Waals surface area contributed by atoms with Crippen molar-refractivity contribution in [3.8, 4) is 0 Å². The summed E-state index contributed by atoms with van der Waals surface area (Å²) >= 11 is 0. The number of aromatic nitrogens is 1. The van der Waals surface area contributed by atoms with Gasteiger partial charge in [0.15, 0.2) is 0 Å². The second-order valence-corrected chi connectivity index (χ2v) is 5.50. The summed E-state index contributed by atoms with van der Waals surface area (Å²) in [7, 11) is 2.07. The van der Waals surface area contributed by atoms with Gasteiger partial charge < -0.3 is 9.88 Å². The van der Waals surface area contributed by atoms with Crippen LogP contribution in [0.3, 0.4) is 0 Å². The van der Waals surface area contributed by atoms with E-state index in [1.807, 2.05) is 0 Å². The molecule has 1 unspecified atom stereocenters. The monoisotopic (exact) mass is 206 g/mol. The molecule has 1 atom stereocenters. The molecule has 2 heteroatoms. The predicted molar refractivity (Wildman–Crippen MR) is 63.7 cm³/mol. The zero-order valence-electron chi connectivity index (χ0n) is 10.1. The summed E-state index contributed by atoms with van der Waals surface area (Å²) in [6.07, 6.45) is 8.37. The lowest BCUT2D eigenvalue weighted by Gasteiger charge is -2.27. The Hall–Kier alpha value is -0.760. The molecule has 0 amide bonds. The van der Waals surface area contributed by atoms with Crippen LogP contribution in [0.4, 0.5) is 0 Å². The van der Waals surface area contributed by atoms with Crippen molar-refractivity contribution in [2.45, 2.75) is 45.7 Å². The summed E-state index contributed by atoms with van der Waals surface area (Å²) in [6.45, 7) is 5.76. The minimum Gasteiger partial charge on any atom is -0.357 e. The van der Waals surface area contributed by atoms with Crippen molar-refractivity contribution >= 4 is 0 Å². The van der Waals surface area contributed by atoms with E-state index in [9.17, 15) is 0 Å².